The first-order chi connectivity index (χ1) is 8.83. The summed E-state index contributed by atoms with van der Waals surface area (Å²) in [7, 11) is 0. The first-order valence-corrected chi connectivity index (χ1v) is 7.68. The van der Waals surface area contributed by atoms with Gasteiger partial charge in [0.2, 0.25) is 0 Å². The molecule has 2 rings (SSSR count). The first-order valence-electron chi connectivity index (χ1n) is 7.68. The van der Waals surface area contributed by atoms with Crippen molar-refractivity contribution in [2.24, 2.45) is 17.3 Å². The average Bonchev–Trinajstić information content (AvgIpc) is 2.87. The van der Waals surface area contributed by atoms with Gasteiger partial charge in [-0.25, -0.2) is 0 Å². The third-order valence-corrected chi connectivity index (χ3v) is 4.42. The van der Waals surface area contributed by atoms with E-state index in [1.54, 1.807) is 0 Å². The molecule has 0 aromatic carbocycles. The molecule has 2 bridgehead atoms. The van der Waals surface area contributed by atoms with Gasteiger partial charge in [0.1, 0.15) is 0 Å². The third kappa shape index (κ3) is 4.48. The molecule has 2 fully saturated rings. The maximum Gasteiger partial charge on any atom is 0.308 e. The molecule has 19 heavy (non-hydrogen) atoms. The van der Waals surface area contributed by atoms with Crippen LogP contribution in [0.2, 0.25) is 0 Å². The first kappa shape index (κ1) is 14.8. The SMILES string of the molecule is CC(OC(=O)CCC(C)(C)C)OC1CC2CCC1C2. The quantitative estimate of drug-likeness (QED) is 0.560. The standard InChI is InChI=1S/C16H28O3/c1-11(19-15(17)7-8-16(2,3)4)18-14-10-12-5-6-13(14)9-12/h11-14H,5-10H2,1-4H3. The fourth-order valence-corrected chi connectivity index (χ4v) is 3.35. The van der Waals surface area contributed by atoms with Crippen molar-refractivity contribution in [2.45, 2.75) is 78.6 Å². The molecule has 2 aliphatic carbocycles. The second-order valence-corrected chi connectivity index (χ2v) is 7.47. The van der Waals surface area contributed by atoms with E-state index in [0.29, 0.717) is 18.4 Å². The zero-order chi connectivity index (χ0) is 14.0. The Labute approximate surface area is 117 Å². The number of carbonyl (C=O) groups excluding carboxylic acids is 1. The van der Waals surface area contributed by atoms with Crippen molar-refractivity contribution in [1.82, 2.24) is 0 Å². The van der Waals surface area contributed by atoms with E-state index >= 15 is 0 Å². The van der Waals surface area contributed by atoms with E-state index in [-0.39, 0.29) is 11.4 Å². The van der Waals surface area contributed by atoms with Crippen LogP contribution in [0.5, 0.6) is 0 Å². The summed E-state index contributed by atoms with van der Waals surface area (Å²) in [6, 6.07) is 0. The van der Waals surface area contributed by atoms with Gasteiger partial charge >= 0.3 is 5.97 Å². The maximum atomic E-state index is 11.7. The Kier molecular flexibility index (Phi) is 4.54. The topological polar surface area (TPSA) is 35.5 Å². The summed E-state index contributed by atoms with van der Waals surface area (Å²) in [5.41, 5.74) is 0.174. The van der Waals surface area contributed by atoms with Crippen molar-refractivity contribution in [3.63, 3.8) is 0 Å². The maximum absolute atomic E-state index is 11.7. The van der Waals surface area contributed by atoms with Gasteiger partial charge in [0.15, 0.2) is 6.29 Å². The normalized spacial score (nSPS) is 31.5. The molecule has 4 unspecified atom stereocenters. The van der Waals surface area contributed by atoms with Crippen molar-refractivity contribution in [3.05, 3.63) is 0 Å². The van der Waals surface area contributed by atoms with E-state index in [9.17, 15) is 4.79 Å². The minimum absolute atomic E-state index is 0.134. The summed E-state index contributed by atoms with van der Waals surface area (Å²) in [6.45, 7) is 8.25. The molecule has 0 N–H and O–H groups in total. The predicted molar refractivity (Wildman–Crippen MR) is 74.6 cm³/mol. The van der Waals surface area contributed by atoms with Crippen LogP contribution in [0.4, 0.5) is 0 Å². The number of hydrogen-bond acceptors (Lipinski definition) is 3. The third-order valence-electron chi connectivity index (χ3n) is 4.42. The van der Waals surface area contributed by atoms with Crippen LogP contribution in [-0.4, -0.2) is 18.4 Å². The Morgan fingerprint density at radius 3 is 2.53 bits per heavy atom. The minimum atomic E-state index is -0.392. The Bertz CT molecular complexity index is 318. The summed E-state index contributed by atoms with van der Waals surface area (Å²) in [6.07, 6.45) is 6.40. The molecule has 0 aromatic heterocycles. The highest BCUT2D eigenvalue weighted by atomic mass is 16.7. The molecule has 2 aliphatic rings. The number of hydrogen-bond donors (Lipinski definition) is 0. The van der Waals surface area contributed by atoms with Crippen LogP contribution in [0.1, 0.15) is 66.2 Å². The highest BCUT2D eigenvalue weighted by Gasteiger charge is 2.41. The fraction of sp³-hybridized carbons (Fsp3) is 0.938. The summed E-state index contributed by atoms with van der Waals surface area (Å²) >= 11 is 0. The van der Waals surface area contributed by atoms with Gasteiger partial charge in [-0.15, -0.1) is 0 Å². The molecule has 0 heterocycles. The summed E-state index contributed by atoms with van der Waals surface area (Å²) in [5, 5.41) is 0. The lowest BCUT2D eigenvalue weighted by Crippen LogP contribution is -2.28. The van der Waals surface area contributed by atoms with E-state index < -0.39 is 6.29 Å². The van der Waals surface area contributed by atoms with Crippen molar-refractivity contribution in [1.29, 1.82) is 0 Å². The van der Waals surface area contributed by atoms with Gasteiger partial charge in [0.05, 0.1) is 6.10 Å². The second-order valence-electron chi connectivity index (χ2n) is 7.47. The Morgan fingerprint density at radius 2 is 2.00 bits per heavy atom. The minimum Gasteiger partial charge on any atom is -0.436 e. The van der Waals surface area contributed by atoms with Gasteiger partial charge in [-0.2, -0.15) is 0 Å². The van der Waals surface area contributed by atoms with Crippen LogP contribution < -0.4 is 0 Å². The Hall–Kier alpha value is -0.570. The Balaban J connectivity index is 1.66. The number of carbonyl (C=O) groups is 1. The number of esters is 1. The van der Waals surface area contributed by atoms with Gasteiger partial charge in [-0.3, -0.25) is 4.79 Å². The molecule has 3 nitrogen and oxygen atoms in total. The van der Waals surface area contributed by atoms with Crippen LogP contribution in [0.25, 0.3) is 0 Å². The second kappa shape index (κ2) is 5.82. The molecule has 2 saturated carbocycles. The molecule has 0 saturated heterocycles. The molecule has 3 heteroatoms. The average molecular weight is 268 g/mol. The van der Waals surface area contributed by atoms with Crippen molar-refractivity contribution in [2.75, 3.05) is 0 Å². The van der Waals surface area contributed by atoms with Gasteiger partial charge in [-0.05, 0) is 56.3 Å². The summed E-state index contributed by atoms with van der Waals surface area (Å²) in [5.74, 6) is 1.44. The fourth-order valence-electron chi connectivity index (χ4n) is 3.35. The highest BCUT2D eigenvalue weighted by Crippen LogP contribution is 2.46. The van der Waals surface area contributed by atoms with Crippen molar-refractivity contribution in [3.8, 4) is 0 Å². The molecule has 0 aliphatic heterocycles. The molecule has 0 radical (unpaired) electrons. The largest absolute Gasteiger partial charge is 0.436 e. The van der Waals surface area contributed by atoms with E-state index in [2.05, 4.69) is 20.8 Å². The van der Waals surface area contributed by atoms with Crippen LogP contribution >= 0.6 is 0 Å². The molecule has 0 spiro atoms. The monoisotopic (exact) mass is 268 g/mol. The van der Waals surface area contributed by atoms with Crippen molar-refractivity contribution >= 4 is 5.97 Å². The van der Waals surface area contributed by atoms with Gasteiger partial charge < -0.3 is 9.47 Å². The molecule has 0 aromatic rings. The zero-order valence-corrected chi connectivity index (χ0v) is 12.8. The van der Waals surface area contributed by atoms with Crippen LogP contribution in [0, 0.1) is 17.3 Å². The van der Waals surface area contributed by atoms with Gasteiger partial charge in [0, 0.05) is 6.42 Å². The van der Waals surface area contributed by atoms with Crippen LogP contribution in [0.15, 0.2) is 0 Å². The van der Waals surface area contributed by atoms with Gasteiger partial charge in [-0.1, -0.05) is 20.8 Å². The van der Waals surface area contributed by atoms with E-state index in [1.807, 2.05) is 6.92 Å². The Morgan fingerprint density at radius 1 is 1.26 bits per heavy atom. The molecule has 4 atom stereocenters. The molecular weight excluding hydrogens is 240 g/mol. The summed E-state index contributed by atoms with van der Waals surface area (Å²) in [4.78, 5) is 11.7. The summed E-state index contributed by atoms with van der Waals surface area (Å²) < 4.78 is 11.3. The number of ether oxygens (including phenoxy) is 2. The lowest BCUT2D eigenvalue weighted by Gasteiger charge is -2.26. The van der Waals surface area contributed by atoms with E-state index in [4.69, 9.17) is 9.47 Å². The van der Waals surface area contributed by atoms with E-state index in [1.165, 1.54) is 19.3 Å². The van der Waals surface area contributed by atoms with Crippen LogP contribution in [0.3, 0.4) is 0 Å². The van der Waals surface area contributed by atoms with Crippen molar-refractivity contribution < 1.29 is 14.3 Å². The smallest absolute Gasteiger partial charge is 0.308 e. The molecule has 0 amide bonds. The molecular formula is C16H28O3. The number of fused-ring (bicyclic) bond motifs is 2. The van der Waals surface area contributed by atoms with E-state index in [0.717, 1.165) is 18.8 Å². The number of rotatable bonds is 5. The highest BCUT2D eigenvalue weighted by molar-refractivity contribution is 5.69. The predicted octanol–water partition coefficient (Wildman–Crippen LogP) is 3.91. The zero-order valence-electron chi connectivity index (χ0n) is 12.8. The molecule has 110 valence electrons. The lowest BCUT2D eigenvalue weighted by molar-refractivity contribution is -0.189. The van der Waals surface area contributed by atoms with Crippen LogP contribution in [-0.2, 0) is 14.3 Å². The van der Waals surface area contributed by atoms with Gasteiger partial charge in [0.25, 0.3) is 0 Å². The lowest BCUT2D eigenvalue weighted by atomic mass is 9.91.